The summed E-state index contributed by atoms with van der Waals surface area (Å²) in [5.41, 5.74) is -0.254. The summed E-state index contributed by atoms with van der Waals surface area (Å²) in [4.78, 5) is 12.6. The van der Waals surface area contributed by atoms with Gasteiger partial charge in [-0.05, 0) is 39.7 Å². The first-order valence-electron chi connectivity index (χ1n) is 7.90. The van der Waals surface area contributed by atoms with Crippen LogP contribution in [0.1, 0.15) is 46.5 Å². The fourth-order valence-corrected chi connectivity index (χ4v) is 2.87. The first-order chi connectivity index (χ1) is 9.68. The van der Waals surface area contributed by atoms with Gasteiger partial charge in [-0.2, -0.15) is 0 Å². The minimum atomic E-state index is -0.343. The third kappa shape index (κ3) is 5.04. The molecule has 0 radical (unpaired) electrons. The quantitative estimate of drug-likeness (QED) is 0.633. The van der Waals surface area contributed by atoms with Crippen LogP contribution in [-0.2, 0) is 14.3 Å². The molecule has 5 heteroatoms. The Morgan fingerprint density at radius 3 is 2.50 bits per heavy atom. The Balaban J connectivity index is 2.52. The molecule has 20 heavy (non-hydrogen) atoms. The fraction of sp³-hybridized carbons (Fsp3) is 0.933. The lowest BCUT2D eigenvalue weighted by Gasteiger charge is -2.36. The van der Waals surface area contributed by atoms with Crippen molar-refractivity contribution in [2.24, 2.45) is 5.41 Å². The molecule has 1 amide bonds. The minimum absolute atomic E-state index is 0.135. The summed E-state index contributed by atoms with van der Waals surface area (Å²) in [6.07, 6.45) is 3.64. The molecule has 1 atom stereocenters. The van der Waals surface area contributed by atoms with Crippen LogP contribution in [0.5, 0.6) is 0 Å². The third-order valence-electron chi connectivity index (χ3n) is 3.82. The lowest BCUT2D eigenvalue weighted by Crippen LogP contribution is -2.52. The summed E-state index contributed by atoms with van der Waals surface area (Å²) in [6, 6.07) is 0. The van der Waals surface area contributed by atoms with E-state index < -0.39 is 0 Å². The standard InChI is InChI=1S/C15H30N2O3/c1-4-8-15(9-7-10-16-12-15)14(18)17-11-13(19-5-2)20-6-3/h13,16H,4-12H2,1-3H3,(H,17,18). The predicted molar refractivity (Wildman–Crippen MR) is 79.5 cm³/mol. The zero-order valence-corrected chi connectivity index (χ0v) is 13.2. The summed E-state index contributed by atoms with van der Waals surface area (Å²) in [7, 11) is 0. The molecule has 0 aromatic heterocycles. The summed E-state index contributed by atoms with van der Waals surface area (Å²) in [6.45, 7) is 9.37. The highest BCUT2D eigenvalue weighted by Crippen LogP contribution is 2.31. The van der Waals surface area contributed by atoms with Gasteiger partial charge in [-0.15, -0.1) is 0 Å². The van der Waals surface area contributed by atoms with Gasteiger partial charge in [0.25, 0.3) is 0 Å². The molecule has 1 saturated heterocycles. The average Bonchev–Trinajstić information content (AvgIpc) is 2.46. The van der Waals surface area contributed by atoms with Crippen LogP contribution < -0.4 is 10.6 Å². The van der Waals surface area contributed by atoms with Crippen LogP contribution in [0, 0.1) is 5.41 Å². The van der Waals surface area contributed by atoms with Gasteiger partial charge in [0.1, 0.15) is 0 Å². The molecule has 1 rings (SSSR count). The second kappa shape index (κ2) is 9.32. The number of carbonyl (C=O) groups excluding carboxylic acids is 1. The van der Waals surface area contributed by atoms with Crippen LogP contribution in [0.15, 0.2) is 0 Å². The minimum Gasteiger partial charge on any atom is -0.351 e. The van der Waals surface area contributed by atoms with E-state index in [9.17, 15) is 4.79 Å². The Labute approximate surface area is 122 Å². The van der Waals surface area contributed by atoms with Crippen molar-refractivity contribution in [1.82, 2.24) is 10.6 Å². The monoisotopic (exact) mass is 286 g/mol. The number of nitrogens with one attached hydrogen (secondary N) is 2. The average molecular weight is 286 g/mol. The number of rotatable bonds is 9. The maximum absolute atomic E-state index is 12.6. The second-order valence-electron chi connectivity index (χ2n) is 5.36. The smallest absolute Gasteiger partial charge is 0.227 e. The van der Waals surface area contributed by atoms with Gasteiger partial charge in [-0.25, -0.2) is 0 Å². The summed E-state index contributed by atoms with van der Waals surface area (Å²) >= 11 is 0. The number of hydrogen-bond acceptors (Lipinski definition) is 4. The van der Waals surface area contributed by atoms with E-state index in [2.05, 4.69) is 17.6 Å². The van der Waals surface area contributed by atoms with Crippen molar-refractivity contribution in [3.8, 4) is 0 Å². The van der Waals surface area contributed by atoms with Crippen molar-refractivity contribution in [3.63, 3.8) is 0 Å². The first-order valence-corrected chi connectivity index (χ1v) is 7.90. The number of ether oxygens (including phenoxy) is 2. The van der Waals surface area contributed by atoms with Crippen molar-refractivity contribution in [2.75, 3.05) is 32.8 Å². The SMILES string of the molecule is CCCC1(C(=O)NCC(OCC)OCC)CCCNC1. The Kier molecular flexibility index (Phi) is 8.11. The molecule has 0 aliphatic carbocycles. The predicted octanol–water partition coefficient (Wildman–Crippen LogP) is 1.67. The molecular formula is C15H30N2O3. The van der Waals surface area contributed by atoms with E-state index in [0.29, 0.717) is 19.8 Å². The van der Waals surface area contributed by atoms with Crippen LogP contribution in [0.2, 0.25) is 0 Å². The van der Waals surface area contributed by atoms with Gasteiger partial charge in [0.15, 0.2) is 6.29 Å². The van der Waals surface area contributed by atoms with Gasteiger partial charge < -0.3 is 20.1 Å². The van der Waals surface area contributed by atoms with Gasteiger partial charge >= 0.3 is 0 Å². The van der Waals surface area contributed by atoms with Gasteiger partial charge in [0.05, 0.1) is 12.0 Å². The number of piperidine rings is 1. The van der Waals surface area contributed by atoms with Gasteiger partial charge in [0, 0.05) is 19.8 Å². The zero-order chi connectivity index (χ0) is 14.8. The Bertz CT molecular complexity index is 267. The maximum atomic E-state index is 12.6. The summed E-state index contributed by atoms with van der Waals surface area (Å²) in [5, 5.41) is 6.37. The van der Waals surface area contributed by atoms with Gasteiger partial charge in [-0.1, -0.05) is 13.3 Å². The molecule has 1 heterocycles. The molecule has 0 aromatic carbocycles. The van der Waals surface area contributed by atoms with Crippen molar-refractivity contribution in [3.05, 3.63) is 0 Å². The van der Waals surface area contributed by atoms with Crippen molar-refractivity contribution in [2.45, 2.75) is 52.7 Å². The zero-order valence-electron chi connectivity index (χ0n) is 13.2. The molecule has 1 aliphatic heterocycles. The van der Waals surface area contributed by atoms with Crippen molar-refractivity contribution < 1.29 is 14.3 Å². The maximum Gasteiger partial charge on any atom is 0.227 e. The number of amides is 1. The van der Waals surface area contributed by atoms with E-state index in [1.54, 1.807) is 0 Å². The van der Waals surface area contributed by atoms with Crippen LogP contribution >= 0.6 is 0 Å². The lowest BCUT2D eigenvalue weighted by molar-refractivity contribution is -0.146. The van der Waals surface area contributed by atoms with E-state index in [0.717, 1.165) is 38.8 Å². The molecule has 1 fully saturated rings. The van der Waals surface area contributed by atoms with E-state index >= 15 is 0 Å². The first kappa shape index (κ1) is 17.4. The lowest BCUT2D eigenvalue weighted by atomic mass is 9.76. The Hall–Kier alpha value is -0.650. The molecule has 0 aromatic rings. The molecule has 0 bridgehead atoms. The van der Waals surface area contributed by atoms with Crippen LogP contribution in [0.4, 0.5) is 0 Å². The van der Waals surface area contributed by atoms with Crippen LogP contribution in [-0.4, -0.2) is 45.0 Å². The van der Waals surface area contributed by atoms with E-state index in [-0.39, 0.29) is 17.6 Å². The molecule has 1 aliphatic rings. The largest absolute Gasteiger partial charge is 0.351 e. The molecule has 2 N–H and O–H groups in total. The Morgan fingerprint density at radius 1 is 1.30 bits per heavy atom. The topological polar surface area (TPSA) is 59.6 Å². The Morgan fingerprint density at radius 2 is 2.00 bits per heavy atom. The highest BCUT2D eigenvalue weighted by molar-refractivity contribution is 5.83. The highest BCUT2D eigenvalue weighted by Gasteiger charge is 2.38. The van der Waals surface area contributed by atoms with E-state index in [1.807, 2.05) is 13.8 Å². The molecular weight excluding hydrogens is 256 g/mol. The molecule has 0 spiro atoms. The van der Waals surface area contributed by atoms with Gasteiger partial charge in [0.2, 0.25) is 5.91 Å². The van der Waals surface area contributed by atoms with Gasteiger partial charge in [-0.3, -0.25) is 4.79 Å². The summed E-state index contributed by atoms with van der Waals surface area (Å²) < 4.78 is 10.9. The van der Waals surface area contributed by atoms with E-state index in [1.165, 1.54) is 0 Å². The second-order valence-corrected chi connectivity index (χ2v) is 5.36. The third-order valence-corrected chi connectivity index (χ3v) is 3.82. The fourth-order valence-electron chi connectivity index (χ4n) is 2.87. The molecule has 1 unspecified atom stereocenters. The number of hydrogen-bond donors (Lipinski definition) is 2. The van der Waals surface area contributed by atoms with Crippen molar-refractivity contribution >= 4 is 5.91 Å². The molecule has 118 valence electrons. The number of carbonyl (C=O) groups is 1. The van der Waals surface area contributed by atoms with Crippen molar-refractivity contribution in [1.29, 1.82) is 0 Å². The highest BCUT2D eigenvalue weighted by atomic mass is 16.7. The molecule has 5 nitrogen and oxygen atoms in total. The molecule has 0 saturated carbocycles. The van der Waals surface area contributed by atoms with Crippen LogP contribution in [0.25, 0.3) is 0 Å². The summed E-state index contributed by atoms with van der Waals surface area (Å²) in [5.74, 6) is 0.135. The van der Waals surface area contributed by atoms with E-state index in [4.69, 9.17) is 9.47 Å². The normalized spacial score (nSPS) is 23.0. The van der Waals surface area contributed by atoms with Crippen LogP contribution in [0.3, 0.4) is 0 Å².